The molecule has 0 unspecified atom stereocenters. The highest BCUT2D eigenvalue weighted by molar-refractivity contribution is 5.95. The molecule has 0 aliphatic carbocycles. The number of nitrogens with one attached hydrogen (secondary N) is 1. The number of esters is 1. The molecule has 24 heavy (non-hydrogen) atoms. The molecule has 0 spiro atoms. The molecule has 2 atom stereocenters. The molecule has 0 aromatic heterocycles. The molecule has 0 fully saturated rings. The van der Waals surface area contributed by atoms with Gasteiger partial charge in [-0.15, -0.1) is 0 Å². The van der Waals surface area contributed by atoms with Crippen molar-refractivity contribution in [3.63, 3.8) is 0 Å². The Kier molecular flexibility index (Phi) is 6.13. The van der Waals surface area contributed by atoms with Crippen molar-refractivity contribution in [3.8, 4) is 0 Å². The number of aryl methyl sites for hydroxylation is 1. The Balaban J connectivity index is 1.84. The van der Waals surface area contributed by atoms with Gasteiger partial charge in [0.05, 0.1) is 6.42 Å². The minimum atomic E-state index is -0.832. The van der Waals surface area contributed by atoms with Crippen molar-refractivity contribution < 1.29 is 14.3 Å². The number of rotatable bonds is 6. The highest BCUT2D eigenvalue weighted by Crippen LogP contribution is 2.19. The van der Waals surface area contributed by atoms with E-state index in [9.17, 15) is 9.59 Å². The van der Waals surface area contributed by atoms with E-state index in [0.29, 0.717) is 5.69 Å². The third-order valence-electron chi connectivity index (χ3n) is 3.84. The molecule has 2 aromatic carbocycles. The van der Waals surface area contributed by atoms with Gasteiger partial charge in [-0.1, -0.05) is 55.0 Å². The van der Waals surface area contributed by atoms with Crippen LogP contribution in [0.5, 0.6) is 0 Å². The van der Waals surface area contributed by atoms with Crippen LogP contribution < -0.4 is 5.32 Å². The molecular formula is C20H23NO3. The fourth-order valence-electron chi connectivity index (χ4n) is 2.33. The average Bonchev–Trinajstić information content (AvgIpc) is 2.57. The molecule has 2 rings (SSSR count). The lowest BCUT2D eigenvalue weighted by atomic mass is 9.98. The van der Waals surface area contributed by atoms with Gasteiger partial charge in [-0.3, -0.25) is 9.59 Å². The lowest BCUT2D eigenvalue weighted by molar-refractivity contribution is -0.153. The second kappa shape index (κ2) is 8.29. The first-order valence-electron chi connectivity index (χ1n) is 8.07. The van der Waals surface area contributed by atoms with Crippen LogP contribution in [0.2, 0.25) is 0 Å². The van der Waals surface area contributed by atoms with Crippen molar-refractivity contribution >= 4 is 17.6 Å². The average molecular weight is 325 g/mol. The fourth-order valence-corrected chi connectivity index (χ4v) is 2.33. The van der Waals surface area contributed by atoms with Gasteiger partial charge in [-0.05, 0) is 37.5 Å². The minimum Gasteiger partial charge on any atom is -0.453 e. The van der Waals surface area contributed by atoms with Gasteiger partial charge in [0, 0.05) is 5.69 Å². The van der Waals surface area contributed by atoms with E-state index in [1.54, 1.807) is 6.92 Å². The number of amides is 1. The van der Waals surface area contributed by atoms with E-state index in [2.05, 4.69) is 5.32 Å². The molecule has 1 amide bonds. The number of carbonyl (C=O) groups excluding carboxylic acids is 2. The molecule has 0 saturated carbocycles. The van der Waals surface area contributed by atoms with Crippen molar-refractivity contribution in [3.05, 3.63) is 65.7 Å². The van der Waals surface area contributed by atoms with Crippen LogP contribution >= 0.6 is 0 Å². The Hall–Kier alpha value is -2.62. The maximum Gasteiger partial charge on any atom is 0.307 e. The van der Waals surface area contributed by atoms with E-state index >= 15 is 0 Å². The standard InChI is InChI=1S/C20H23NO3/c1-14-9-11-18(12-10-14)21-20(23)16(3)24-19(22)13-15(2)17-7-5-4-6-8-17/h4-12,15-16H,13H2,1-3H3,(H,21,23)/t15-,16+/m1/s1. The lowest BCUT2D eigenvalue weighted by Crippen LogP contribution is -2.30. The quantitative estimate of drug-likeness (QED) is 0.815. The zero-order chi connectivity index (χ0) is 17.5. The Bertz CT molecular complexity index is 680. The molecule has 0 heterocycles. The van der Waals surface area contributed by atoms with E-state index < -0.39 is 6.10 Å². The number of ether oxygens (including phenoxy) is 1. The topological polar surface area (TPSA) is 55.4 Å². The van der Waals surface area contributed by atoms with Crippen molar-refractivity contribution in [2.75, 3.05) is 5.32 Å². The Morgan fingerprint density at radius 1 is 1.00 bits per heavy atom. The van der Waals surface area contributed by atoms with E-state index in [1.165, 1.54) is 0 Å². The predicted octanol–water partition coefficient (Wildman–Crippen LogP) is 4.06. The molecule has 0 aliphatic rings. The van der Waals surface area contributed by atoms with Crippen LogP contribution in [-0.4, -0.2) is 18.0 Å². The van der Waals surface area contributed by atoms with E-state index in [-0.39, 0.29) is 24.2 Å². The zero-order valence-corrected chi connectivity index (χ0v) is 14.3. The Morgan fingerprint density at radius 2 is 1.62 bits per heavy atom. The summed E-state index contributed by atoms with van der Waals surface area (Å²) >= 11 is 0. The van der Waals surface area contributed by atoms with Crippen LogP contribution in [0.25, 0.3) is 0 Å². The summed E-state index contributed by atoms with van der Waals surface area (Å²) in [5.74, 6) is -0.663. The van der Waals surface area contributed by atoms with Crippen LogP contribution in [0.15, 0.2) is 54.6 Å². The van der Waals surface area contributed by atoms with Gasteiger partial charge in [-0.2, -0.15) is 0 Å². The molecule has 126 valence electrons. The van der Waals surface area contributed by atoms with Gasteiger partial charge in [-0.25, -0.2) is 0 Å². The summed E-state index contributed by atoms with van der Waals surface area (Å²) < 4.78 is 5.25. The third-order valence-corrected chi connectivity index (χ3v) is 3.84. The fraction of sp³-hybridized carbons (Fsp3) is 0.300. The van der Waals surface area contributed by atoms with Gasteiger partial charge in [0.2, 0.25) is 0 Å². The third kappa shape index (κ3) is 5.23. The monoisotopic (exact) mass is 325 g/mol. The lowest BCUT2D eigenvalue weighted by Gasteiger charge is -2.16. The molecule has 4 nitrogen and oxygen atoms in total. The normalized spacial score (nSPS) is 13.0. The molecule has 0 bridgehead atoms. The summed E-state index contributed by atoms with van der Waals surface area (Å²) in [5.41, 5.74) is 2.87. The number of carbonyl (C=O) groups is 2. The summed E-state index contributed by atoms with van der Waals surface area (Å²) in [7, 11) is 0. The highest BCUT2D eigenvalue weighted by Gasteiger charge is 2.20. The van der Waals surface area contributed by atoms with Crippen LogP contribution in [0, 0.1) is 6.92 Å². The van der Waals surface area contributed by atoms with Crippen LogP contribution in [0.1, 0.15) is 37.3 Å². The molecule has 0 radical (unpaired) electrons. The molecule has 2 aromatic rings. The van der Waals surface area contributed by atoms with Gasteiger partial charge >= 0.3 is 5.97 Å². The predicted molar refractivity (Wildman–Crippen MR) is 94.8 cm³/mol. The SMILES string of the molecule is Cc1ccc(NC(=O)[C@H](C)OC(=O)C[C@@H](C)c2ccccc2)cc1. The number of anilines is 1. The first kappa shape index (κ1) is 17.7. The molecule has 0 aliphatic heterocycles. The number of hydrogen-bond donors (Lipinski definition) is 1. The van der Waals surface area contributed by atoms with Crippen molar-refractivity contribution in [1.29, 1.82) is 0 Å². The first-order chi connectivity index (χ1) is 11.5. The molecule has 4 heteroatoms. The summed E-state index contributed by atoms with van der Waals surface area (Å²) in [6, 6.07) is 17.2. The van der Waals surface area contributed by atoms with Crippen molar-refractivity contribution in [2.24, 2.45) is 0 Å². The molecular weight excluding hydrogens is 302 g/mol. The van der Waals surface area contributed by atoms with Crippen molar-refractivity contribution in [2.45, 2.75) is 39.2 Å². The summed E-state index contributed by atoms with van der Waals surface area (Å²) in [5, 5.41) is 2.74. The minimum absolute atomic E-state index is 0.0473. The molecule has 0 saturated heterocycles. The van der Waals surface area contributed by atoms with Crippen molar-refractivity contribution in [1.82, 2.24) is 0 Å². The molecule has 1 N–H and O–H groups in total. The number of benzene rings is 2. The second-order valence-corrected chi connectivity index (χ2v) is 6.00. The zero-order valence-electron chi connectivity index (χ0n) is 14.3. The summed E-state index contributed by atoms with van der Waals surface area (Å²) in [6.45, 7) is 5.52. The van der Waals surface area contributed by atoms with Gasteiger partial charge in [0.15, 0.2) is 6.10 Å². The maximum atomic E-state index is 12.1. The van der Waals surface area contributed by atoms with E-state index in [4.69, 9.17) is 4.74 Å². The van der Waals surface area contributed by atoms with E-state index in [1.807, 2.05) is 68.4 Å². The Labute approximate surface area is 142 Å². The van der Waals surface area contributed by atoms with Crippen LogP contribution in [0.4, 0.5) is 5.69 Å². The second-order valence-electron chi connectivity index (χ2n) is 6.00. The first-order valence-corrected chi connectivity index (χ1v) is 8.07. The maximum absolute atomic E-state index is 12.1. The van der Waals surface area contributed by atoms with E-state index in [0.717, 1.165) is 11.1 Å². The smallest absolute Gasteiger partial charge is 0.307 e. The number of hydrogen-bond acceptors (Lipinski definition) is 3. The van der Waals surface area contributed by atoms with Gasteiger partial charge < -0.3 is 10.1 Å². The Morgan fingerprint density at radius 3 is 2.25 bits per heavy atom. The van der Waals surface area contributed by atoms with Crippen LogP contribution in [-0.2, 0) is 14.3 Å². The van der Waals surface area contributed by atoms with Gasteiger partial charge in [0.25, 0.3) is 5.91 Å². The summed E-state index contributed by atoms with van der Waals surface area (Å²) in [4.78, 5) is 24.1. The summed E-state index contributed by atoms with van der Waals surface area (Å²) in [6.07, 6.45) is -0.589. The largest absolute Gasteiger partial charge is 0.453 e. The van der Waals surface area contributed by atoms with Gasteiger partial charge in [0.1, 0.15) is 0 Å². The highest BCUT2D eigenvalue weighted by atomic mass is 16.5. The van der Waals surface area contributed by atoms with Crippen LogP contribution in [0.3, 0.4) is 0 Å².